The maximum atomic E-state index is 12.8. The third-order valence-corrected chi connectivity index (χ3v) is 6.00. The van der Waals surface area contributed by atoms with Crippen LogP contribution in [0.5, 0.6) is 5.75 Å². The van der Waals surface area contributed by atoms with Crippen molar-refractivity contribution in [1.82, 2.24) is 14.3 Å². The minimum Gasteiger partial charge on any atom is -0.494 e. The van der Waals surface area contributed by atoms with Gasteiger partial charge in [0.1, 0.15) is 5.75 Å². The number of fused-ring (bicyclic) bond motifs is 1. The highest BCUT2D eigenvalue weighted by atomic mass is 32.2. The molecule has 2 aromatic carbocycles. The normalized spacial score (nSPS) is 13.2. The molecule has 0 radical (unpaired) electrons. The minimum absolute atomic E-state index is 0.0306. The summed E-state index contributed by atoms with van der Waals surface area (Å²) in [4.78, 5) is 16.5. The topological polar surface area (TPSA) is 115 Å². The molecular formula is C18H21N3O5S. The van der Waals surface area contributed by atoms with E-state index in [0.29, 0.717) is 29.0 Å². The maximum Gasteiger partial charge on any atom is 0.323 e. The molecule has 0 saturated carbocycles. The standard InChI is InChI=1S/C18H21N3O5S/c1-3-26-13-6-4-5-12(9-13)17(22)11-21(2)27(24,25)14-7-8-15-16(10-14)20-18(23)19-15/h4-10,17,22H,3,11H2,1-2H3,(H2,19,20,23). The van der Waals surface area contributed by atoms with Crippen LogP contribution in [0.4, 0.5) is 0 Å². The van der Waals surface area contributed by atoms with Crippen LogP contribution in [-0.2, 0) is 10.0 Å². The van der Waals surface area contributed by atoms with Crippen molar-refractivity contribution in [3.05, 3.63) is 58.5 Å². The highest BCUT2D eigenvalue weighted by Crippen LogP contribution is 2.23. The summed E-state index contributed by atoms with van der Waals surface area (Å²) in [5.41, 5.74) is 1.08. The first-order valence-electron chi connectivity index (χ1n) is 8.40. The summed E-state index contributed by atoms with van der Waals surface area (Å²) in [7, 11) is -2.44. The largest absolute Gasteiger partial charge is 0.494 e. The zero-order valence-corrected chi connectivity index (χ0v) is 15.8. The number of hydrogen-bond acceptors (Lipinski definition) is 5. The molecule has 3 N–H and O–H groups in total. The van der Waals surface area contributed by atoms with Gasteiger partial charge in [-0.05, 0) is 42.8 Å². The molecule has 0 spiro atoms. The van der Waals surface area contributed by atoms with Gasteiger partial charge < -0.3 is 19.8 Å². The van der Waals surface area contributed by atoms with Crippen molar-refractivity contribution in [3.63, 3.8) is 0 Å². The van der Waals surface area contributed by atoms with Crippen molar-refractivity contribution in [1.29, 1.82) is 0 Å². The molecule has 3 rings (SSSR count). The number of likely N-dealkylation sites (N-methyl/N-ethyl adjacent to an activating group) is 1. The van der Waals surface area contributed by atoms with Crippen LogP contribution < -0.4 is 10.4 Å². The smallest absolute Gasteiger partial charge is 0.323 e. The summed E-state index contributed by atoms with van der Waals surface area (Å²) in [6.07, 6.45) is -1.01. The molecule has 144 valence electrons. The number of ether oxygens (including phenoxy) is 1. The number of H-pyrrole nitrogens is 2. The molecule has 1 atom stereocenters. The van der Waals surface area contributed by atoms with Gasteiger partial charge in [0.05, 0.1) is 28.6 Å². The molecule has 0 fully saturated rings. The van der Waals surface area contributed by atoms with Gasteiger partial charge in [-0.15, -0.1) is 0 Å². The van der Waals surface area contributed by atoms with Gasteiger partial charge in [-0.3, -0.25) is 0 Å². The fourth-order valence-corrected chi connectivity index (χ4v) is 3.98. The Hall–Kier alpha value is -2.62. The van der Waals surface area contributed by atoms with Crippen LogP contribution in [0, 0.1) is 0 Å². The molecule has 8 nitrogen and oxygen atoms in total. The Bertz CT molecular complexity index is 1100. The van der Waals surface area contributed by atoms with Crippen molar-refractivity contribution >= 4 is 21.1 Å². The van der Waals surface area contributed by atoms with E-state index in [1.807, 2.05) is 6.92 Å². The molecule has 0 aliphatic carbocycles. The molecule has 0 saturated heterocycles. The Morgan fingerprint density at radius 3 is 2.63 bits per heavy atom. The van der Waals surface area contributed by atoms with Crippen molar-refractivity contribution in [2.75, 3.05) is 20.2 Å². The number of nitrogens with zero attached hydrogens (tertiary/aromatic N) is 1. The summed E-state index contributed by atoms with van der Waals surface area (Å²) < 4.78 is 32.1. The predicted molar refractivity (Wildman–Crippen MR) is 101 cm³/mol. The minimum atomic E-state index is -3.84. The zero-order chi connectivity index (χ0) is 19.6. The van der Waals surface area contributed by atoms with Crippen LogP contribution in [0.1, 0.15) is 18.6 Å². The lowest BCUT2D eigenvalue weighted by Gasteiger charge is -2.21. The van der Waals surface area contributed by atoms with Crippen LogP contribution in [-0.4, -0.2) is 48.0 Å². The molecule has 0 bridgehead atoms. The van der Waals surface area contributed by atoms with E-state index >= 15 is 0 Å². The lowest BCUT2D eigenvalue weighted by Crippen LogP contribution is -2.31. The Morgan fingerprint density at radius 1 is 1.15 bits per heavy atom. The Kier molecular flexibility index (Phi) is 5.36. The van der Waals surface area contributed by atoms with Crippen molar-refractivity contribution in [2.24, 2.45) is 0 Å². The average Bonchev–Trinajstić information content (AvgIpc) is 3.01. The molecule has 3 aromatic rings. The number of benzene rings is 2. The number of aromatic amines is 2. The number of nitrogens with one attached hydrogen (secondary N) is 2. The van der Waals surface area contributed by atoms with E-state index in [0.717, 1.165) is 4.31 Å². The third kappa shape index (κ3) is 4.05. The molecule has 27 heavy (non-hydrogen) atoms. The second-order valence-electron chi connectivity index (χ2n) is 6.09. The monoisotopic (exact) mass is 391 g/mol. The number of imidazole rings is 1. The van der Waals surface area contributed by atoms with Crippen molar-refractivity contribution < 1.29 is 18.3 Å². The number of hydrogen-bond donors (Lipinski definition) is 3. The molecule has 1 heterocycles. The molecule has 1 unspecified atom stereocenters. The summed E-state index contributed by atoms with van der Waals surface area (Å²) in [6, 6.07) is 11.2. The van der Waals surface area contributed by atoms with Gasteiger partial charge in [0.25, 0.3) is 0 Å². The lowest BCUT2D eigenvalue weighted by atomic mass is 10.1. The van der Waals surface area contributed by atoms with E-state index in [1.165, 1.54) is 25.2 Å². The van der Waals surface area contributed by atoms with E-state index in [2.05, 4.69) is 9.97 Å². The number of aromatic nitrogens is 2. The van der Waals surface area contributed by atoms with Gasteiger partial charge in [0, 0.05) is 13.6 Å². The van der Waals surface area contributed by atoms with Crippen LogP contribution in [0.15, 0.2) is 52.2 Å². The van der Waals surface area contributed by atoms with Crippen molar-refractivity contribution in [3.8, 4) is 5.75 Å². The molecule has 0 aliphatic rings. The van der Waals surface area contributed by atoms with Gasteiger partial charge in [0.15, 0.2) is 0 Å². The average molecular weight is 391 g/mol. The number of rotatable bonds is 7. The first-order valence-corrected chi connectivity index (χ1v) is 9.84. The summed E-state index contributed by atoms with van der Waals surface area (Å²) >= 11 is 0. The van der Waals surface area contributed by atoms with Gasteiger partial charge >= 0.3 is 5.69 Å². The third-order valence-electron chi connectivity index (χ3n) is 4.18. The second kappa shape index (κ2) is 7.55. The van der Waals surface area contributed by atoms with Gasteiger partial charge in [-0.2, -0.15) is 4.31 Å². The SMILES string of the molecule is CCOc1cccc(C(O)CN(C)S(=O)(=O)c2ccc3[nH]c(=O)[nH]c3c2)c1. The molecule has 0 aliphatic heterocycles. The Balaban J connectivity index is 1.81. The Labute approximate surface area is 156 Å². The van der Waals surface area contributed by atoms with Crippen molar-refractivity contribution in [2.45, 2.75) is 17.9 Å². The van der Waals surface area contributed by atoms with Crippen LogP contribution in [0.3, 0.4) is 0 Å². The van der Waals surface area contributed by atoms with E-state index in [-0.39, 0.29) is 11.4 Å². The van der Waals surface area contributed by atoms with Gasteiger partial charge in [-0.1, -0.05) is 12.1 Å². The second-order valence-corrected chi connectivity index (χ2v) is 8.14. The van der Waals surface area contributed by atoms with E-state index in [9.17, 15) is 18.3 Å². The quantitative estimate of drug-likeness (QED) is 0.566. The van der Waals surface area contributed by atoms with Crippen LogP contribution in [0.25, 0.3) is 11.0 Å². The van der Waals surface area contributed by atoms with Gasteiger partial charge in [-0.25, -0.2) is 13.2 Å². The highest BCUT2D eigenvalue weighted by molar-refractivity contribution is 7.89. The fourth-order valence-electron chi connectivity index (χ4n) is 2.78. The maximum absolute atomic E-state index is 12.8. The molecular weight excluding hydrogens is 370 g/mol. The number of sulfonamides is 1. The zero-order valence-electron chi connectivity index (χ0n) is 15.0. The number of aliphatic hydroxyl groups excluding tert-OH is 1. The summed E-state index contributed by atoms with van der Waals surface area (Å²) in [5.74, 6) is 0.612. The lowest BCUT2D eigenvalue weighted by molar-refractivity contribution is 0.154. The number of aliphatic hydroxyl groups is 1. The van der Waals surface area contributed by atoms with E-state index < -0.39 is 21.8 Å². The van der Waals surface area contributed by atoms with Crippen LogP contribution >= 0.6 is 0 Å². The Morgan fingerprint density at radius 2 is 1.89 bits per heavy atom. The summed E-state index contributed by atoms with van der Waals surface area (Å²) in [5, 5.41) is 10.5. The van der Waals surface area contributed by atoms with E-state index in [4.69, 9.17) is 4.74 Å². The fraction of sp³-hybridized carbons (Fsp3) is 0.278. The molecule has 1 aromatic heterocycles. The summed E-state index contributed by atoms with van der Waals surface area (Å²) in [6.45, 7) is 2.23. The van der Waals surface area contributed by atoms with E-state index in [1.54, 1.807) is 24.3 Å². The van der Waals surface area contributed by atoms with Gasteiger partial charge in [0.2, 0.25) is 10.0 Å². The van der Waals surface area contributed by atoms with Crippen LogP contribution in [0.2, 0.25) is 0 Å². The molecule has 9 heteroatoms. The first kappa shape index (κ1) is 19.2. The predicted octanol–water partition coefficient (Wildman–Crippen LogP) is 1.61. The molecule has 0 amide bonds. The highest BCUT2D eigenvalue weighted by Gasteiger charge is 2.24. The first-order chi connectivity index (χ1) is 12.8.